The molecule has 20 heavy (non-hydrogen) atoms. The first-order valence-corrected chi connectivity index (χ1v) is 8.16. The van der Waals surface area contributed by atoms with Crippen LogP contribution in [0.5, 0.6) is 0 Å². The van der Waals surface area contributed by atoms with Gasteiger partial charge in [0, 0.05) is 12.2 Å². The quantitative estimate of drug-likeness (QED) is 0.617. The molecule has 0 spiro atoms. The van der Waals surface area contributed by atoms with Crippen LogP contribution in [-0.2, 0) is 4.79 Å². The third kappa shape index (κ3) is 2.79. The molecule has 3 rings (SSSR count). The lowest BCUT2D eigenvalue weighted by Crippen LogP contribution is -2.39. The van der Waals surface area contributed by atoms with Crippen LogP contribution in [0.2, 0.25) is 0 Å². The second kappa shape index (κ2) is 6.06. The van der Waals surface area contributed by atoms with Crippen LogP contribution in [-0.4, -0.2) is 26.2 Å². The van der Waals surface area contributed by atoms with E-state index in [1.807, 2.05) is 29.2 Å². The van der Waals surface area contributed by atoms with Crippen LogP contribution in [0.3, 0.4) is 0 Å². The minimum absolute atomic E-state index is 0.0533. The largest absolute Gasteiger partial charge is 0.290 e. The van der Waals surface area contributed by atoms with Gasteiger partial charge >= 0.3 is 0 Å². The fourth-order valence-corrected chi connectivity index (χ4v) is 4.11. The van der Waals surface area contributed by atoms with Crippen LogP contribution >= 0.6 is 24.0 Å². The number of thioether (sulfide) groups is 1. The molecule has 0 radical (unpaired) electrons. The van der Waals surface area contributed by atoms with Gasteiger partial charge in [-0.3, -0.25) is 14.7 Å². The Labute approximate surface area is 128 Å². The first kappa shape index (κ1) is 13.8. The molecule has 3 nitrogen and oxygen atoms in total. The van der Waals surface area contributed by atoms with E-state index >= 15 is 0 Å². The summed E-state index contributed by atoms with van der Waals surface area (Å²) in [6, 6.07) is 5.98. The van der Waals surface area contributed by atoms with Crippen molar-refractivity contribution in [3.63, 3.8) is 0 Å². The number of amides is 1. The topological polar surface area (TPSA) is 33.2 Å². The fraction of sp³-hybridized carbons (Fsp3) is 0.400. The first-order chi connectivity index (χ1) is 9.75. The van der Waals surface area contributed by atoms with Crippen LogP contribution in [0.1, 0.15) is 37.8 Å². The summed E-state index contributed by atoms with van der Waals surface area (Å²) < 4.78 is 0.698. The van der Waals surface area contributed by atoms with Gasteiger partial charge in [0.2, 0.25) is 0 Å². The number of thiocarbonyl (C=S) groups is 1. The van der Waals surface area contributed by atoms with E-state index in [4.69, 9.17) is 12.2 Å². The molecular formula is C15H16N2OS2. The normalized spacial score (nSPS) is 22.8. The van der Waals surface area contributed by atoms with Crippen LogP contribution in [0, 0.1) is 0 Å². The van der Waals surface area contributed by atoms with Crippen molar-refractivity contribution in [2.24, 2.45) is 0 Å². The van der Waals surface area contributed by atoms with Gasteiger partial charge in [-0.2, -0.15) is 0 Å². The van der Waals surface area contributed by atoms with Crippen LogP contribution < -0.4 is 0 Å². The van der Waals surface area contributed by atoms with E-state index in [2.05, 4.69) is 4.98 Å². The monoisotopic (exact) mass is 304 g/mol. The lowest BCUT2D eigenvalue weighted by Gasteiger charge is -2.29. The lowest BCUT2D eigenvalue weighted by molar-refractivity contribution is -0.124. The van der Waals surface area contributed by atoms with E-state index in [1.54, 1.807) is 6.20 Å². The zero-order chi connectivity index (χ0) is 13.9. The third-order valence-corrected chi connectivity index (χ3v) is 5.06. The predicted molar refractivity (Wildman–Crippen MR) is 86.1 cm³/mol. The summed E-state index contributed by atoms with van der Waals surface area (Å²) in [4.78, 5) is 19.3. The molecule has 0 aromatic carbocycles. The number of aromatic nitrogens is 1. The van der Waals surface area contributed by atoms with Crippen molar-refractivity contribution in [2.75, 3.05) is 0 Å². The molecule has 5 heteroatoms. The number of carbonyl (C=O) groups excluding carboxylic acids is 1. The van der Waals surface area contributed by atoms with Gasteiger partial charge in [0.25, 0.3) is 5.91 Å². The van der Waals surface area contributed by atoms with Gasteiger partial charge in [-0.05, 0) is 31.1 Å². The van der Waals surface area contributed by atoms with Crippen LogP contribution in [0.15, 0.2) is 29.3 Å². The van der Waals surface area contributed by atoms with E-state index in [0.29, 0.717) is 15.3 Å². The number of nitrogens with zero attached hydrogens (tertiary/aromatic N) is 2. The zero-order valence-corrected chi connectivity index (χ0v) is 12.8. The Morgan fingerprint density at radius 1 is 1.30 bits per heavy atom. The molecule has 1 aromatic heterocycles. The molecule has 0 bridgehead atoms. The van der Waals surface area contributed by atoms with E-state index in [1.165, 1.54) is 31.0 Å². The van der Waals surface area contributed by atoms with Crippen molar-refractivity contribution in [3.8, 4) is 0 Å². The molecule has 2 fully saturated rings. The van der Waals surface area contributed by atoms with Gasteiger partial charge in [0.05, 0.1) is 10.6 Å². The van der Waals surface area contributed by atoms with Crippen molar-refractivity contribution in [1.82, 2.24) is 9.88 Å². The minimum Gasteiger partial charge on any atom is -0.290 e. The van der Waals surface area contributed by atoms with Gasteiger partial charge in [-0.25, -0.2) is 0 Å². The molecule has 1 aliphatic heterocycles. The fourth-order valence-electron chi connectivity index (χ4n) is 2.73. The maximum absolute atomic E-state index is 12.5. The van der Waals surface area contributed by atoms with E-state index in [9.17, 15) is 4.79 Å². The predicted octanol–water partition coefficient (Wildman–Crippen LogP) is 3.62. The highest BCUT2D eigenvalue weighted by Gasteiger charge is 2.37. The number of carbonyl (C=O) groups is 1. The number of rotatable bonds is 2. The Hall–Kier alpha value is -1.20. The van der Waals surface area contributed by atoms with Crippen molar-refractivity contribution >= 4 is 40.3 Å². The highest BCUT2D eigenvalue weighted by Crippen LogP contribution is 2.36. The minimum atomic E-state index is 0.0533. The average molecular weight is 304 g/mol. The molecular weight excluding hydrogens is 288 g/mol. The lowest BCUT2D eigenvalue weighted by atomic mass is 9.94. The van der Waals surface area contributed by atoms with Gasteiger partial charge in [-0.1, -0.05) is 49.3 Å². The molecule has 104 valence electrons. The van der Waals surface area contributed by atoms with Crippen LogP contribution in [0.25, 0.3) is 6.08 Å². The molecule has 1 amide bonds. The highest BCUT2D eigenvalue weighted by atomic mass is 32.2. The summed E-state index contributed by atoms with van der Waals surface area (Å²) in [5.41, 5.74) is 0.802. The molecule has 1 saturated carbocycles. The zero-order valence-electron chi connectivity index (χ0n) is 11.1. The second-order valence-electron chi connectivity index (χ2n) is 5.10. The summed E-state index contributed by atoms with van der Waals surface area (Å²) in [6.07, 6.45) is 9.37. The van der Waals surface area contributed by atoms with E-state index in [-0.39, 0.29) is 5.91 Å². The first-order valence-electron chi connectivity index (χ1n) is 6.94. The van der Waals surface area contributed by atoms with E-state index < -0.39 is 0 Å². The summed E-state index contributed by atoms with van der Waals surface area (Å²) in [7, 11) is 0. The van der Waals surface area contributed by atoms with Crippen molar-refractivity contribution < 1.29 is 4.79 Å². The smallest absolute Gasteiger partial charge is 0.266 e. The standard InChI is InChI=1S/C15H16N2OS2/c18-14-13(10-11-6-4-5-9-16-11)20-15(19)17(14)12-7-2-1-3-8-12/h4-6,9-10,12H,1-3,7-8H2/b13-10+. The maximum Gasteiger partial charge on any atom is 0.266 e. The Balaban J connectivity index is 1.81. The molecule has 0 N–H and O–H groups in total. The summed E-state index contributed by atoms with van der Waals surface area (Å²) >= 11 is 6.80. The molecule has 1 aliphatic carbocycles. The second-order valence-corrected chi connectivity index (χ2v) is 6.77. The number of hydrogen-bond acceptors (Lipinski definition) is 4. The Kier molecular flexibility index (Phi) is 4.17. The summed E-state index contributed by atoms with van der Waals surface area (Å²) in [5.74, 6) is 0.0533. The molecule has 0 atom stereocenters. The number of hydrogen-bond donors (Lipinski definition) is 0. The van der Waals surface area contributed by atoms with Crippen molar-refractivity contribution in [1.29, 1.82) is 0 Å². The van der Waals surface area contributed by atoms with Gasteiger partial charge < -0.3 is 0 Å². The molecule has 2 aliphatic rings. The molecule has 1 saturated heterocycles. The van der Waals surface area contributed by atoms with E-state index in [0.717, 1.165) is 18.5 Å². The molecule has 1 aromatic rings. The van der Waals surface area contributed by atoms with Crippen molar-refractivity contribution in [3.05, 3.63) is 35.0 Å². The third-order valence-electron chi connectivity index (χ3n) is 3.73. The van der Waals surface area contributed by atoms with Gasteiger partial charge in [0.15, 0.2) is 0 Å². The SMILES string of the molecule is O=C1/C(=C\c2ccccn2)SC(=S)N1C1CCCCC1. The Morgan fingerprint density at radius 3 is 2.80 bits per heavy atom. The summed E-state index contributed by atoms with van der Waals surface area (Å²) in [6.45, 7) is 0. The summed E-state index contributed by atoms with van der Waals surface area (Å²) in [5, 5.41) is 0. The molecule has 0 unspecified atom stereocenters. The average Bonchev–Trinajstić information content (AvgIpc) is 2.75. The van der Waals surface area contributed by atoms with Crippen molar-refractivity contribution in [2.45, 2.75) is 38.1 Å². The maximum atomic E-state index is 12.5. The van der Waals surface area contributed by atoms with Crippen LogP contribution in [0.4, 0.5) is 0 Å². The highest BCUT2D eigenvalue weighted by molar-refractivity contribution is 8.26. The Bertz CT molecular complexity index is 550. The molecule has 2 heterocycles. The van der Waals surface area contributed by atoms with Gasteiger partial charge in [-0.15, -0.1) is 0 Å². The Morgan fingerprint density at radius 2 is 2.10 bits per heavy atom. The number of pyridine rings is 1. The van der Waals surface area contributed by atoms with Gasteiger partial charge in [0.1, 0.15) is 4.32 Å².